The lowest BCUT2D eigenvalue weighted by molar-refractivity contribution is -0.141. The molecule has 0 heterocycles. The summed E-state index contributed by atoms with van der Waals surface area (Å²) in [4.78, 5) is 27.3. The molecule has 0 unspecified atom stereocenters. The third kappa shape index (κ3) is 8.14. The average molecular weight is 524 g/mol. The zero-order valence-electron chi connectivity index (χ0n) is 20.7. The molecule has 0 radical (unpaired) electrons. The first-order chi connectivity index (χ1) is 16.6. The summed E-state index contributed by atoms with van der Waals surface area (Å²) in [5.74, 6) is 0.135. The zero-order valence-corrected chi connectivity index (χ0v) is 22.2. The number of nitrogens with one attached hydrogen (secondary N) is 1. The summed E-state index contributed by atoms with van der Waals surface area (Å²) < 4.78 is 31.6. The van der Waals surface area contributed by atoms with Crippen molar-refractivity contribution in [3.63, 3.8) is 0 Å². The predicted molar refractivity (Wildman–Crippen MR) is 139 cm³/mol. The number of ether oxygens (including phenoxy) is 1. The highest BCUT2D eigenvalue weighted by Gasteiger charge is 2.28. The zero-order chi connectivity index (χ0) is 26.0. The monoisotopic (exact) mass is 523 g/mol. The minimum absolute atomic E-state index is 0.0704. The van der Waals surface area contributed by atoms with Crippen molar-refractivity contribution in [1.29, 1.82) is 0 Å². The van der Waals surface area contributed by atoms with Gasteiger partial charge in [-0.3, -0.25) is 13.9 Å². The summed E-state index contributed by atoms with van der Waals surface area (Å²) in [6.45, 7) is 4.52. The van der Waals surface area contributed by atoms with E-state index in [-0.39, 0.29) is 37.7 Å². The van der Waals surface area contributed by atoms with Crippen LogP contribution in [0.5, 0.6) is 5.75 Å². The Morgan fingerprint density at radius 3 is 2.29 bits per heavy atom. The van der Waals surface area contributed by atoms with Crippen LogP contribution in [0.2, 0.25) is 5.02 Å². The molecule has 2 rings (SSSR count). The largest absolute Gasteiger partial charge is 0.494 e. The first-order valence-electron chi connectivity index (χ1n) is 11.6. The lowest BCUT2D eigenvalue weighted by Crippen LogP contribution is -2.48. The Labute approximate surface area is 213 Å². The molecule has 2 amide bonds. The molecule has 0 bridgehead atoms. The molecule has 0 aliphatic rings. The molecule has 0 saturated carbocycles. The van der Waals surface area contributed by atoms with Crippen LogP contribution >= 0.6 is 11.6 Å². The standard InChI is InChI=1S/C25H34ClN3O5S/c1-5-23(25(31)27-3)28(18-19-10-7-8-11-22(19)26)24(30)12-9-17-29(35(4,32)33)20-13-15-21(16-14-20)34-6-2/h7-8,10-11,13-16,23H,5-6,9,12,17-18H2,1-4H3,(H,27,31)/t23-/m1/s1. The van der Waals surface area contributed by atoms with Crippen molar-refractivity contribution in [3.8, 4) is 5.75 Å². The van der Waals surface area contributed by atoms with Crippen LogP contribution in [-0.4, -0.2) is 57.6 Å². The number of likely N-dealkylation sites (N-methyl/N-ethyl adjacent to an activating group) is 1. The van der Waals surface area contributed by atoms with Gasteiger partial charge in [0.25, 0.3) is 0 Å². The Morgan fingerprint density at radius 2 is 1.74 bits per heavy atom. The van der Waals surface area contributed by atoms with Crippen LogP contribution in [0.4, 0.5) is 5.69 Å². The molecule has 8 nitrogen and oxygen atoms in total. The highest BCUT2D eigenvalue weighted by Crippen LogP contribution is 2.23. The van der Waals surface area contributed by atoms with Crippen molar-refractivity contribution >= 4 is 39.1 Å². The van der Waals surface area contributed by atoms with E-state index in [4.69, 9.17) is 16.3 Å². The SMILES string of the molecule is CCOc1ccc(N(CCCC(=O)N(Cc2ccccc2Cl)[C@H](CC)C(=O)NC)S(C)(=O)=O)cc1. The van der Waals surface area contributed by atoms with Crippen LogP contribution in [0.25, 0.3) is 0 Å². The Kier molecular flexibility index (Phi) is 10.9. The van der Waals surface area contributed by atoms with Gasteiger partial charge in [-0.25, -0.2) is 8.42 Å². The van der Waals surface area contributed by atoms with Gasteiger partial charge in [-0.05, 0) is 55.7 Å². The van der Waals surface area contributed by atoms with Crippen molar-refractivity contribution < 1.29 is 22.7 Å². The van der Waals surface area contributed by atoms with E-state index in [1.54, 1.807) is 36.4 Å². The molecule has 0 aliphatic carbocycles. The highest BCUT2D eigenvalue weighted by molar-refractivity contribution is 7.92. The maximum atomic E-state index is 13.3. The Hall–Kier alpha value is -2.78. The summed E-state index contributed by atoms with van der Waals surface area (Å²) in [5.41, 5.74) is 1.23. The van der Waals surface area contributed by atoms with Crippen LogP contribution in [-0.2, 0) is 26.2 Å². The Balaban J connectivity index is 2.18. The van der Waals surface area contributed by atoms with Gasteiger partial charge in [0, 0.05) is 31.6 Å². The molecule has 0 spiro atoms. The molecule has 1 N–H and O–H groups in total. The Bertz CT molecular complexity index is 1090. The third-order valence-corrected chi connectivity index (χ3v) is 7.08. The minimum atomic E-state index is -3.57. The number of carbonyl (C=O) groups is 2. The first-order valence-corrected chi connectivity index (χ1v) is 13.8. The van der Waals surface area contributed by atoms with E-state index in [2.05, 4.69) is 5.32 Å². The normalized spacial score (nSPS) is 12.0. The second kappa shape index (κ2) is 13.3. The fraction of sp³-hybridized carbons (Fsp3) is 0.440. The Morgan fingerprint density at radius 1 is 1.09 bits per heavy atom. The predicted octanol–water partition coefficient (Wildman–Crippen LogP) is 3.84. The number of amides is 2. The van der Waals surface area contributed by atoms with Crippen molar-refractivity contribution in [1.82, 2.24) is 10.2 Å². The van der Waals surface area contributed by atoms with Crippen molar-refractivity contribution in [3.05, 3.63) is 59.1 Å². The van der Waals surface area contributed by atoms with Crippen LogP contribution in [0, 0.1) is 0 Å². The molecule has 2 aromatic carbocycles. The second-order valence-corrected chi connectivity index (χ2v) is 10.3. The average Bonchev–Trinajstić information content (AvgIpc) is 2.82. The van der Waals surface area contributed by atoms with E-state index in [0.717, 1.165) is 11.8 Å². The van der Waals surface area contributed by atoms with Gasteiger partial charge >= 0.3 is 0 Å². The van der Waals surface area contributed by atoms with Crippen molar-refractivity contribution in [2.75, 3.05) is 30.8 Å². The van der Waals surface area contributed by atoms with E-state index in [9.17, 15) is 18.0 Å². The van der Waals surface area contributed by atoms with E-state index in [1.807, 2.05) is 26.0 Å². The van der Waals surface area contributed by atoms with Crippen LogP contribution in [0.3, 0.4) is 0 Å². The summed E-state index contributed by atoms with van der Waals surface area (Å²) in [7, 11) is -2.04. The summed E-state index contributed by atoms with van der Waals surface area (Å²) >= 11 is 6.31. The summed E-state index contributed by atoms with van der Waals surface area (Å²) in [5, 5.41) is 3.13. The molecule has 2 aromatic rings. The van der Waals surface area contributed by atoms with Crippen LogP contribution in [0.1, 0.15) is 38.7 Å². The number of anilines is 1. The lowest BCUT2D eigenvalue weighted by atomic mass is 10.1. The van der Waals surface area contributed by atoms with Gasteiger partial charge in [0.15, 0.2) is 0 Å². The first kappa shape index (κ1) is 28.5. The van der Waals surface area contributed by atoms with Gasteiger partial charge in [-0.15, -0.1) is 0 Å². The maximum Gasteiger partial charge on any atom is 0.242 e. The van der Waals surface area contributed by atoms with Crippen LogP contribution in [0.15, 0.2) is 48.5 Å². The summed E-state index contributed by atoms with van der Waals surface area (Å²) in [6.07, 6.45) is 1.91. The molecule has 192 valence electrons. The van der Waals surface area contributed by atoms with Gasteiger partial charge in [-0.2, -0.15) is 0 Å². The molecule has 1 atom stereocenters. The van der Waals surface area contributed by atoms with Gasteiger partial charge in [0.05, 0.1) is 18.6 Å². The van der Waals surface area contributed by atoms with E-state index >= 15 is 0 Å². The highest BCUT2D eigenvalue weighted by atomic mass is 35.5. The number of hydrogen-bond donors (Lipinski definition) is 1. The number of sulfonamides is 1. The molecular weight excluding hydrogens is 490 g/mol. The number of rotatable bonds is 13. The summed E-state index contributed by atoms with van der Waals surface area (Å²) in [6, 6.07) is 13.3. The molecule has 35 heavy (non-hydrogen) atoms. The van der Waals surface area contributed by atoms with Gasteiger partial charge in [-0.1, -0.05) is 36.7 Å². The smallest absolute Gasteiger partial charge is 0.242 e. The molecule has 0 aliphatic heterocycles. The van der Waals surface area contributed by atoms with Crippen molar-refractivity contribution in [2.24, 2.45) is 0 Å². The molecular formula is C25H34ClN3O5S. The quantitative estimate of drug-likeness (QED) is 0.430. The van der Waals surface area contributed by atoms with Gasteiger partial charge < -0.3 is 15.0 Å². The molecule has 0 saturated heterocycles. The van der Waals surface area contributed by atoms with E-state index in [1.165, 1.54) is 16.3 Å². The topological polar surface area (TPSA) is 96.0 Å². The second-order valence-electron chi connectivity index (χ2n) is 8.02. The van der Waals surface area contributed by atoms with Crippen LogP contribution < -0.4 is 14.4 Å². The van der Waals surface area contributed by atoms with Gasteiger partial charge in [0.2, 0.25) is 21.8 Å². The van der Waals surface area contributed by atoms with Gasteiger partial charge in [0.1, 0.15) is 11.8 Å². The van der Waals surface area contributed by atoms with Crippen molar-refractivity contribution in [2.45, 2.75) is 45.7 Å². The molecule has 0 fully saturated rings. The van der Waals surface area contributed by atoms with E-state index < -0.39 is 16.1 Å². The number of hydrogen-bond acceptors (Lipinski definition) is 5. The fourth-order valence-electron chi connectivity index (χ4n) is 3.78. The lowest BCUT2D eigenvalue weighted by Gasteiger charge is -2.31. The number of carbonyl (C=O) groups excluding carboxylic acids is 2. The maximum absolute atomic E-state index is 13.3. The molecule has 10 heteroatoms. The number of benzene rings is 2. The minimum Gasteiger partial charge on any atom is -0.494 e. The number of nitrogens with zero attached hydrogens (tertiary/aromatic N) is 2. The fourth-order valence-corrected chi connectivity index (χ4v) is 4.94. The molecule has 0 aromatic heterocycles. The number of halogens is 1. The van der Waals surface area contributed by atoms with E-state index in [0.29, 0.717) is 29.5 Å². The third-order valence-electron chi connectivity index (χ3n) is 5.52.